The summed E-state index contributed by atoms with van der Waals surface area (Å²) in [5.74, 6) is 0.187. The van der Waals surface area contributed by atoms with E-state index >= 15 is 0 Å². The van der Waals surface area contributed by atoms with Gasteiger partial charge in [0.1, 0.15) is 6.04 Å². The number of hydrogen-bond acceptors (Lipinski definition) is 4. The summed E-state index contributed by atoms with van der Waals surface area (Å²) in [6.45, 7) is 3.11. The summed E-state index contributed by atoms with van der Waals surface area (Å²) in [6, 6.07) is 10.0. The molecule has 2 N–H and O–H groups in total. The van der Waals surface area contributed by atoms with Crippen LogP contribution in [0.5, 0.6) is 0 Å². The number of benzene rings is 1. The number of likely N-dealkylation sites (tertiary alicyclic amines) is 1. The highest BCUT2D eigenvalue weighted by Crippen LogP contribution is 2.22. The summed E-state index contributed by atoms with van der Waals surface area (Å²) in [5, 5.41) is 0. The van der Waals surface area contributed by atoms with Crippen LogP contribution in [0.15, 0.2) is 30.3 Å². The van der Waals surface area contributed by atoms with E-state index in [4.69, 9.17) is 10.5 Å². The quantitative estimate of drug-likeness (QED) is 0.833. The van der Waals surface area contributed by atoms with Crippen molar-refractivity contribution in [2.75, 3.05) is 20.2 Å². The fourth-order valence-corrected chi connectivity index (χ4v) is 2.94. The van der Waals surface area contributed by atoms with Gasteiger partial charge in [0.25, 0.3) is 0 Å². The van der Waals surface area contributed by atoms with E-state index in [1.54, 1.807) is 0 Å². The average molecular weight is 276 g/mol. The van der Waals surface area contributed by atoms with Crippen LogP contribution in [-0.4, -0.2) is 37.1 Å². The van der Waals surface area contributed by atoms with Crippen molar-refractivity contribution in [1.29, 1.82) is 0 Å². The molecule has 20 heavy (non-hydrogen) atoms. The van der Waals surface area contributed by atoms with Crippen LogP contribution in [0.4, 0.5) is 0 Å². The van der Waals surface area contributed by atoms with Gasteiger partial charge in [-0.2, -0.15) is 0 Å². The molecule has 0 bridgehead atoms. The Bertz CT molecular complexity index is 422. The van der Waals surface area contributed by atoms with Crippen molar-refractivity contribution >= 4 is 5.97 Å². The van der Waals surface area contributed by atoms with Gasteiger partial charge in [-0.25, -0.2) is 0 Å². The van der Waals surface area contributed by atoms with Crippen molar-refractivity contribution in [2.45, 2.75) is 31.8 Å². The summed E-state index contributed by atoms with van der Waals surface area (Å²) in [4.78, 5) is 13.8. The van der Waals surface area contributed by atoms with Crippen molar-refractivity contribution in [3.05, 3.63) is 35.9 Å². The van der Waals surface area contributed by atoms with Crippen LogP contribution in [0.3, 0.4) is 0 Å². The number of methoxy groups -OCH3 is 1. The highest BCUT2D eigenvalue weighted by Gasteiger charge is 2.24. The molecule has 4 heteroatoms. The fourth-order valence-electron chi connectivity index (χ4n) is 2.94. The van der Waals surface area contributed by atoms with Crippen LogP contribution >= 0.6 is 0 Å². The number of rotatable bonds is 5. The molecule has 0 amide bonds. The van der Waals surface area contributed by atoms with E-state index in [-0.39, 0.29) is 5.97 Å². The highest BCUT2D eigenvalue weighted by atomic mass is 16.5. The summed E-state index contributed by atoms with van der Waals surface area (Å²) < 4.78 is 4.70. The van der Waals surface area contributed by atoms with Gasteiger partial charge in [-0.3, -0.25) is 9.69 Å². The second-order valence-corrected chi connectivity index (χ2v) is 5.59. The van der Waals surface area contributed by atoms with Gasteiger partial charge in [0.05, 0.1) is 7.11 Å². The number of carbonyl (C=O) groups excluding carboxylic acids is 1. The van der Waals surface area contributed by atoms with E-state index in [2.05, 4.69) is 29.2 Å². The van der Waals surface area contributed by atoms with Crippen LogP contribution in [-0.2, 0) is 16.1 Å². The van der Waals surface area contributed by atoms with E-state index < -0.39 is 6.04 Å². The molecule has 1 aliphatic rings. The molecule has 4 nitrogen and oxygen atoms in total. The smallest absolute Gasteiger partial charge is 0.322 e. The number of nitrogens with zero attached hydrogens (tertiary/aromatic N) is 1. The summed E-state index contributed by atoms with van der Waals surface area (Å²) in [5.41, 5.74) is 7.20. The minimum atomic E-state index is -0.485. The Morgan fingerprint density at radius 2 is 2.20 bits per heavy atom. The first kappa shape index (κ1) is 15.0. The highest BCUT2D eigenvalue weighted by molar-refractivity contribution is 5.75. The first-order valence-electron chi connectivity index (χ1n) is 7.28. The maximum atomic E-state index is 11.4. The van der Waals surface area contributed by atoms with Crippen molar-refractivity contribution in [2.24, 2.45) is 11.7 Å². The largest absolute Gasteiger partial charge is 0.468 e. The molecule has 2 atom stereocenters. The Hall–Kier alpha value is -1.39. The molecule has 1 aromatic rings. The number of hydrogen-bond donors (Lipinski definition) is 1. The van der Waals surface area contributed by atoms with Gasteiger partial charge in [-0.15, -0.1) is 0 Å². The van der Waals surface area contributed by atoms with Crippen LogP contribution < -0.4 is 5.73 Å². The molecule has 0 radical (unpaired) electrons. The topological polar surface area (TPSA) is 55.6 Å². The van der Waals surface area contributed by atoms with Crippen LogP contribution in [0.1, 0.15) is 24.8 Å². The SMILES string of the molecule is COC(=O)C(N)CC1CCCN(Cc2ccccc2)C1. The molecule has 0 aliphatic carbocycles. The number of carbonyl (C=O) groups is 1. The van der Waals surface area contributed by atoms with Gasteiger partial charge < -0.3 is 10.5 Å². The fraction of sp³-hybridized carbons (Fsp3) is 0.562. The summed E-state index contributed by atoms with van der Waals surface area (Å²) in [7, 11) is 1.39. The number of ether oxygens (including phenoxy) is 1. The lowest BCUT2D eigenvalue weighted by molar-refractivity contribution is -0.142. The Labute approximate surface area is 120 Å². The van der Waals surface area contributed by atoms with Gasteiger partial charge in [-0.1, -0.05) is 30.3 Å². The summed E-state index contributed by atoms with van der Waals surface area (Å²) in [6.07, 6.45) is 3.04. The number of piperidine rings is 1. The zero-order valence-electron chi connectivity index (χ0n) is 12.1. The lowest BCUT2D eigenvalue weighted by Crippen LogP contribution is -2.40. The Balaban J connectivity index is 1.84. The number of nitrogens with two attached hydrogens (primary N) is 1. The molecule has 1 heterocycles. The molecule has 1 aromatic carbocycles. The second kappa shape index (κ2) is 7.41. The molecule has 0 aromatic heterocycles. The molecule has 1 aliphatic heterocycles. The van der Waals surface area contributed by atoms with Crippen LogP contribution in [0.2, 0.25) is 0 Å². The molecule has 2 unspecified atom stereocenters. The van der Waals surface area contributed by atoms with Gasteiger partial charge >= 0.3 is 5.97 Å². The molecular weight excluding hydrogens is 252 g/mol. The Kier molecular flexibility index (Phi) is 5.56. The standard InChI is InChI=1S/C16H24N2O2/c1-20-16(19)15(17)10-14-8-5-9-18(12-14)11-13-6-3-2-4-7-13/h2-4,6-7,14-15H,5,8-12,17H2,1H3. The third-order valence-corrected chi connectivity index (χ3v) is 3.94. The maximum Gasteiger partial charge on any atom is 0.322 e. The van der Waals surface area contributed by atoms with Crippen LogP contribution in [0.25, 0.3) is 0 Å². The van der Waals surface area contributed by atoms with E-state index in [1.807, 2.05) is 6.07 Å². The zero-order valence-corrected chi connectivity index (χ0v) is 12.1. The first-order chi connectivity index (χ1) is 9.69. The zero-order chi connectivity index (χ0) is 14.4. The Morgan fingerprint density at radius 1 is 1.45 bits per heavy atom. The molecule has 2 rings (SSSR count). The predicted molar refractivity (Wildman–Crippen MR) is 79.1 cm³/mol. The third kappa shape index (κ3) is 4.32. The van der Waals surface area contributed by atoms with E-state index in [0.29, 0.717) is 5.92 Å². The molecular formula is C16H24N2O2. The maximum absolute atomic E-state index is 11.4. The van der Waals surface area contributed by atoms with Gasteiger partial charge in [0, 0.05) is 13.1 Å². The summed E-state index contributed by atoms with van der Waals surface area (Å²) >= 11 is 0. The second-order valence-electron chi connectivity index (χ2n) is 5.59. The van der Waals surface area contributed by atoms with Crippen molar-refractivity contribution in [1.82, 2.24) is 4.90 Å². The molecule has 110 valence electrons. The monoisotopic (exact) mass is 276 g/mol. The molecule has 1 saturated heterocycles. The van der Waals surface area contributed by atoms with Gasteiger partial charge in [0.2, 0.25) is 0 Å². The lowest BCUT2D eigenvalue weighted by atomic mass is 9.91. The van der Waals surface area contributed by atoms with Gasteiger partial charge in [-0.05, 0) is 37.3 Å². The van der Waals surface area contributed by atoms with E-state index in [0.717, 1.165) is 32.5 Å². The molecule has 0 spiro atoms. The minimum absolute atomic E-state index is 0.301. The van der Waals surface area contributed by atoms with Crippen molar-refractivity contribution in [3.8, 4) is 0 Å². The van der Waals surface area contributed by atoms with Crippen molar-refractivity contribution < 1.29 is 9.53 Å². The predicted octanol–water partition coefficient (Wildman–Crippen LogP) is 1.79. The first-order valence-corrected chi connectivity index (χ1v) is 7.28. The average Bonchev–Trinajstić information content (AvgIpc) is 2.47. The normalized spacial score (nSPS) is 21.4. The molecule has 0 saturated carbocycles. The Morgan fingerprint density at radius 3 is 2.90 bits per heavy atom. The molecule has 1 fully saturated rings. The van der Waals surface area contributed by atoms with E-state index in [1.165, 1.54) is 19.1 Å². The van der Waals surface area contributed by atoms with E-state index in [9.17, 15) is 4.79 Å². The van der Waals surface area contributed by atoms with Crippen molar-refractivity contribution in [3.63, 3.8) is 0 Å². The lowest BCUT2D eigenvalue weighted by Gasteiger charge is -2.33. The third-order valence-electron chi connectivity index (χ3n) is 3.94. The number of esters is 1. The minimum Gasteiger partial charge on any atom is -0.468 e. The van der Waals surface area contributed by atoms with Crippen LogP contribution in [0, 0.1) is 5.92 Å². The van der Waals surface area contributed by atoms with Gasteiger partial charge in [0.15, 0.2) is 0 Å².